The van der Waals surface area contributed by atoms with Gasteiger partial charge in [-0.3, -0.25) is 57.6 Å². The van der Waals surface area contributed by atoms with Gasteiger partial charge >= 0.3 is 24.6 Å². The van der Waals surface area contributed by atoms with E-state index in [9.17, 15) is 53.2 Å². The Hall–Kier alpha value is -6.49. The summed E-state index contributed by atoms with van der Waals surface area (Å²) in [6.45, 7) is 19.1. The average molecular weight is 1330 g/mol. The molecular weight excluding hydrogens is 1240 g/mol. The van der Waals surface area contributed by atoms with Crippen molar-refractivity contribution in [3.05, 3.63) is 69.2 Å². The van der Waals surface area contributed by atoms with Crippen LogP contribution in [0.15, 0.2) is 67.8 Å². The Morgan fingerprint density at radius 2 is 1.37 bits per heavy atom. The topological polar surface area (TPSA) is 462 Å². The molecule has 6 aliphatic rings. The van der Waals surface area contributed by atoms with E-state index in [0.717, 1.165) is 11.1 Å². The molecule has 0 radical (unpaired) electrons. The van der Waals surface area contributed by atoms with Crippen molar-refractivity contribution in [2.24, 2.45) is 94.7 Å². The van der Waals surface area contributed by atoms with Crippen LogP contribution in [0.1, 0.15) is 150 Å². The van der Waals surface area contributed by atoms with Crippen molar-refractivity contribution in [3.8, 4) is 0 Å². The number of aliphatic hydroxyl groups excluding tert-OH is 2. The molecule has 2 fully saturated rings. The molecule has 29 heteroatoms. The maximum absolute atomic E-state index is 14.4. The molecule has 1 aromatic carbocycles. The first-order valence-corrected chi connectivity index (χ1v) is 32.0. The predicted molar refractivity (Wildman–Crippen MR) is 334 cm³/mol. The first-order valence-electron chi connectivity index (χ1n) is 30.5. The Labute approximate surface area is 539 Å². The number of aliphatic imine (C=N–C) groups is 3. The van der Waals surface area contributed by atoms with E-state index >= 15 is 0 Å². The number of aliphatic hydroxyl groups is 2. The number of amides is 7. The van der Waals surface area contributed by atoms with E-state index in [4.69, 9.17) is 68.5 Å². The zero-order valence-corrected chi connectivity index (χ0v) is 55.5. The molecule has 5 unspecified atom stereocenters. The van der Waals surface area contributed by atoms with Crippen LogP contribution in [0.3, 0.4) is 0 Å². The SMILES string of the molecule is C/C1=C2/[N-]C([C@H](CC(N)=O)[C@@]2(C)CCC(=O)NCC(C)OP(=O)(O)OC2C(O)[C@@H](n3cnc4cc(C)c(C)cc43)O[C@H]2CO)[C@]2(C)N=C(/C(C)=C3N=C(/C=C4N=C1[C@@H](CCC(N)=O)C\4(C)C)[C@@H](CCC(N)=O)[C@]\3(C)CC(N)=O)[C@@H](CCC(N)=O)[C@]2(C)CC(N)=O.[Co+3]. The number of allylic oxidation sites excluding steroid dienone is 6. The molecule has 6 aliphatic heterocycles. The van der Waals surface area contributed by atoms with E-state index < -0.39 is 143 Å². The molecule has 498 valence electrons. The van der Waals surface area contributed by atoms with Crippen LogP contribution in [0.5, 0.6) is 0 Å². The number of ether oxygens (including phenoxy) is 1. The molecule has 8 rings (SSSR count). The number of aryl methyl sites for hydroxylation is 2. The molecule has 91 heavy (non-hydrogen) atoms. The minimum atomic E-state index is -5.07. The largest absolute Gasteiger partial charge is 3.00 e. The second-order valence-corrected chi connectivity index (χ2v) is 28.4. The van der Waals surface area contributed by atoms with Crippen LogP contribution in [0.25, 0.3) is 16.4 Å². The summed E-state index contributed by atoms with van der Waals surface area (Å²) >= 11 is 0. The van der Waals surface area contributed by atoms with Gasteiger partial charge in [-0.15, -0.1) is 0 Å². The first kappa shape index (κ1) is 71.9. The average Bonchev–Trinajstić information content (AvgIpc) is 1.53. The smallest absolute Gasteiger partial charge is 0.682 e. The van der Waals surface area contributed by atoms with Crippen molar-refractivity contribution in [2.45, 2.75) is 189 Å². The molecule has 7 amide bonds. The van der Waals surface area contributed by atoms with Crippen molar-refractivity contribution >= 4 is 77.3 Å². The fourth-order valence-corrected chi connectivity index (χ4v) is 16.5. The van der Waals surface area contributed by atoms with Crippen molar-refractivity contribution in [1.29, 1.82) is 0 Å². The molecule has 2 saturated heterocycles. The number of nitrogens with zero attached hydrogens (tertiary/aromatic N) is 6. The number of rotatable bonds is 26. The van der Waals surface area contributed by atoms with Gasteiger partial charge in [0.1, 0.15) is 18.3 Å². The van der Waals surface area contributed by atoms with Gasteiger partial charge in [-0.25, -0.2) is 9.55 Å². The zero-order valence-electron chi connectivity index (χ0n) is 53.5. The number of phosphoric ester groups is 1. The van der Waals surface area contributed by atoms with E-state index in [1.54, 1.807) is 11.5 Å². The Kier molecular flexibility index (Phi) is 21.2. The third-order valence-corrected chi connectivity index (χ3v) is 21.6. The fourth-order valence-electron chi connectivity index (χ4n) is 15.3. The molecule has 0 aliphatic carbocycles. The maximum atomic E-state index is 14.4. The van der Waals surface area contributed by atoms with Gasteiger partial charge in [-0.1, -0.05) is 40.7 Å². The number of nitrogens with one attached hydrogen (secondary N) is 1. The molecule has 2 aromatic rings. The third kappa shape index (κ3) is 13.8. The fraction of sp³-hybridized carbons (Fsp3) is 0.629. The third-order valence-electron chi connectivity index (χ3n) is 20.5. The summed E-state index contributed by atoms with van der Waals surface area (Å²) in [6, 6.07) is 2.68. The number of nitrogens with two attached hydrogens (primary N) is 6. The van der Waals surface area contributed by atoms with Gasteiger partial charge in [-0.2, -0.15) is 5.70 Å². The van der Waals surface area contributed by atoms with Crippen LogP contribution < -0.4 is 39.7 Å². The second kappa shape index (κ2) is 26.8. The number of hydrogen-bond donors (Lipinski definition) is 10. The van der Waals surface area contributed by atoms with Crippen molar-refractivity contribution in [1.82, 2.24) is 14.9 Å². The van der Waals surface area contributed by atoms with E-state index in [1.807, 2.05) is 80.5 Å². The summed E-state index contributed by atoms with van der Waals surface area (Å²) < 4.78 is 32.3. The number of carbonyl (C=O) groups excluding carboxylic acids is 7. The number of fused-ring (bicyclic) bond motifs is 7. The van der Waals surface area contributed by atoms with E-state index in [1.165, 1.54) is 13.3 Å². The van der Waals surface area contributed by atoms with Crippen LogP contribution >= 0.6 is 7.82 Å². The molecule has 0 spiro atoms. The number of aromatic nitrogens is 2. The van der Waals surface area contributed by atoms with Gasteiger partial charge in [0.15, 0.2) is 6.23 Å². The summed E-state index contributed by atoms with van der Waals surface area (Å²) in [6.07, 6.45) is -4.47. The van der Waals surface area contributed by atoms with Crippen molar-refractivity contribution in [2.75, 3.05) is 13.2 Å². The summed E-state index contributed by atoms with van der Waals surface area (Å²) in [5.74, 6) is -7.34. The molecule has 7 heterocycles. The Morgan fingerprint density at radius 3 is 1.96 bits per heavy atom. The number of benzene rings is 1. The van der Waals surface area contributed by atoms with Gasteiger partial charge in [0, 0.05) is 108 Å². The number of hydrogen-bond acceptors (Lipinski definition) is 17. The van der Waals surface area contributed by atoms with E-state index in [0.29, 0.717) is 56.4 Å². The minimum absolute atomic E-state index is 0. The molecule has 15 atom stereocenters. The summed E-state index contributed by atoms with van der Waals surface area (Å²) in [5.41, 5.74) is 36.8. The first-order chi connectivity index (χ1) is 41.8. The number of phosphoric acid groups is 1. The Bertz CT molecular complexity index is 3540. The van der Waals surface area contributed by atoms with Crippen molar-refractivity contribution in [3.63, 3.8) is 0 Å². The van der Waals surface area contributed by atoms with Crippen LogP contribution in [0.2, 0.25) is 0 Å². The van der Waals surface area contributed by atoms with Crippen LogP contribution in [-0.4, -0.2) is 132 Å². The zero-order chi connectivity index (χ0) is 66.7. The summed E-state index contributed by atoms with van der Waals surface area (Å²) in [5, 5.41) is 30.2. The van der Waals surface area contributed by atoms with E-state index in [2.05, 4.69) is 10.3 Å². The van der Waals surface area contributed by atoms with E-state index in [-0.39, 0.29) is 94.0 Å². The van der Waals surface area contributed by atoms with Gasteiger partial charge in [0.05, 0.1) is 41.3 Å². The second-order valence-electron chi connectivity index (χ2n) is 27.0. The number of imidazole rings is 1. The molecule has 1 aromatic heterocycles. The van der Waals surface area contributed by atoms with Crippen LogP contribution in [0, 0.1) is 59.2 Å². The summed E-state index contributed by atoms with van der Waals surface area (Å²) in [4.78, 5) is 125. The predicted octanol–water partition coefficient (Wildman–Crippen LogP) is 3.94. The van der Waals surface area contributed by atoms with Crippen LogP contribution in [0.4, 0.5) is 0 Å². The minimum Gasteiger partial charge on any atom is -0.682 e. The number of carbonyl (C=O) groups is 7. The molecule has 8 bridgehead atoms. The molecule has 16 N–H and O–H groups in total. The maximum Gasteiger partial charge on any atom is 3.00 e. The summed E-state index contributed by atoms with van der Waals surface area (Å²) in [7, 11) is -5.07. The Morgan fingerprint density at radius 1 is 0.780 bits per heavy atom. The monoisotopic (exact) mass is 1330 g/mol. The normalized spacial score (nSPS) is 33.8. The number of primary amides is 6. The van der Waals surface area contributed by atoms with Crippen molar-refractivity contribution < 1.29 is 83.8 Å². The van der Waals surface area contributed by atoms with Crippen LogP contribution in [-0.2, 0) is 68.7 Å². The van der Waals surface area contributed by atoms with Gasteiger partial charge in [0.25, 0.3) is 0 Å². The molecular formula is C62H89CoN13O14P+2. The van der Waals surface area contributed by atoms with Gasteiger partial charge < -0.3 is 69.4 Å². The molecule has 0 saturated carbocycles. The van der Waals surface area contributed by atoms with Gasteiger partial charge in [-0.05, 0) is 119 Å². The van der Waals surface area contributed by atoms with Gasteiger partial charge in [0.2, 0.25) is 41.4 Å². The molecule has 27 nitrogen and oxygen atoms in total. The Balaban J connectivity index is 0.0000118. The quantitative estimate of drug-likeness (QED) is 0.0596. The standard InChI is InChI=1S/C62H90N13O14P.Co/c1-29-20-39-40(21-30(29)2)75(28-70-39)57-52(84)53(41(27-76)87-57)89-90(85,86)88-31(3)26-69-49(83)18-19-59(8)37(22-46(66)80)56-62(11)61(10,25-48(68)82)36(14-17-45(65)79)51(74-62)33(5)55-60(9,24-47(67)81)34(12-15-43(63)77)38(71-55)23-42-58(6,7)35(13-16-44(64)78)50(72-42)32(4)54(59)73-56;/h20-21,23,28,31,34-37,41,52-53,56-57,76,84H,12-19,22,24-27H2,1-11H3,(H15,63,64,65,66,67,68,69,71,72,73,74,77,78,79,80,81,82,83,85,86);/q;+3/p-1/t31?,34-,35-,36-,37+,41+,52?,53?,56?,57+,59-,60+,61+,62+;/m1./s1.